The molecule has 2 atom stereocenters. The highest BCUT2D eigenvalue weighted by Crippen LogP contribution is 2.24. The third-order valence-corrected chi connectivity index (χ3v) is 3.75. The normalized spacial score (nSPS) is 14.6. The third-order valence-electron chi connectivity index (χ3n) is 2.90. The Bertz CT molecular complexity index is 466. The van der Waals surface area contributed by atoms with E-state index in [1.807, 2.05) is 25.5 Å². The summed E-state index contributed by atoms with van der Waals surface area (Å²) in [7, 11) is 1.90. The maximum Gasteiger partial charge on any atom is 0.101 e. The van der Waals surface area contributed by atoms with Gasteiger partial charge >= 0.3 is 0 Å². The quantitative estimate of drug-likeness (QED) is 0.873. The summed E-state index contributed by atoms with van der Waals surface area (Å²) in [5.74, 6) is 0. The standard InChI is InChI=1S/C13H19N3OS/c1-3-12(14)13(10-7-15-16(2)8-10)17-9-11-5-4-6-18-11/h4-8,12-13H,3,9,14H2,1-2H3. The van der Waals surface area contributed by atoms with E-state index in [4.69, 9.17) is 10.5 Å². The number of hydrogen-bond acceptors (Lipinski definition) is 4. The van der Waals surface area contributed by atoms with Gasteiger partial charge in [0.2, 0.25) is 0 Å². The Kier molecular flexibility index (Phi) is 4.52. The summed E-state index contributed by atoms with van der Waals surface area (Å²) in [6.45, 7) is 2.67. The first-order valence-corrected chi connectivity index (χ1v) is 6.96. The summed E-state index contributed by atoms with van der Waals surface area (Å²) in [6.07, 6.45) is 4.58. The van der Waals surface area contributed by atoms with Crippen LogP contribution in [0, 0.1) is 0 Å². The van der Waals surface area contributed by atoms with Gasteiger partial charge in [0.05, 0.1) is 12.8 Å². The molecule has 4 nitrogen and oxygen atoms in total. The van der Waals surface area contributed by atoms with Gasteiger partial charge in [0.15, 0.2) is 0 Å². The monoisotopic (exact) mass is 265 g/mol. The first-order chi connectivity index (χ1) is 8.70. The van der Waals surface area contributed by atoms with Crippen molar-refractivity contribution in [2.24, 2.45) is 12.8 Å². The van der Waals surface area contributed by atoms with Crippen molar-refractivity contribution in [3.05, 3.63) is 40.3 Å². The van der Waals surface area contributed by atoms with Gasteiger partial charge in [-0.25, -0.2) is 0 Å². The molecule has 2 aromatic rings. The van der Waals surface area contributed by atoms with Crippen LogP contribution in [0.15, 0.2) is 29.9 Å². The second kappa shape index (κ2) is 6.13. The lowest BCUT2D eigenvalue weighted by Gasteiger charge is -2.22. The molecule has 5 heteroatoms. The predicted octanol–water partition coefficient (Wildman–Crippen LogP) is 2.48. The van der Waals surface area contributed by atoms with E-state index < -0.39 is 0 Å². The van der Waals surface area contributed by atoms with Crippen molar-refractivity contribution in [1.82, 2.24) is 9.78 Å². The number of ether oxygens (including phenoxy) is 1. The maximum atomic E-state index is 6.14. The Morgan fingerprint density at radius 2 is 2.39 bits per heavy atom. The number of hydrogen-bond donors (Lipinski definition) is 1. The predicted molar refractivity (Wildman–Crippen MR) is 73.3 cm³/mol. The molecular formula is C13H19N3OS. The highest BCUT2D eigenvalue weighted by atomic mass is 32.1. The van der Waals surface area contributed by atoms with Gasteiger partial charge in [-0.15, -0.1) is 11.3 Å². The van der Waals surface area contributed by atoms with Crippen molar-refractivity contribution in [3.63, 3.8) is 0 Å². The fraction of sp³-hybridized carbons (Fsp3) is 0.462. The Hall–Kier alpha value is -1.17. The number of aromatic nitrogens is 2. The van der Waals surface area contributed by atoms with Crippen molar-refractivity contribution >= 4 is 11.3 Å². The van der Waals surface area contributed by atoms with E-state index in [2.05, 4.69) is 23.5 Å². The molecule has 0 aromatic carbocycles. The molecule has 2 aromatic heterocycles. The van der Waals surface area contributed by atoms with Crippen LogP contribution in [0.4, 0.5) is 0 Å². The Labute approximate surface area is 111 Å². The van der Waals surface area contributed by atoms with Gasteiger partial charge in [0.1, 0.15) is 6.10 Å². The van der Waals surface area contributed by atoms with Crippen LogP contribution >= 0.6 is 11.3 Å². The van der Waals surface area contributed by atoms with Crippen molar-refractivity contribution in [2.75, 3.05) is 0 Å². The lowest BCUT2D eigenvalue weighted by atomic mass is 10.0. The molecule has 0 aliphatic carbocycles. The molecule has 98 valence electrons. The van der Waals surface area contributed by atoms with Crippen LogP contribution < -0.4 is 5.73 Å². The van der Waals surface area contributed by atoms with Crippen LogP contribution in [0.3, 0.4) is 0 Å². The van der Waals surface area contributed by atoms with E-state index in [1.165, 1.54) is 4.88 Å². The molecule has 2 N–H and O–H groups in total. The fourth-order valence-electron chi connectivity index (χ4n) is 1.83. The minimum atomic E-state index is -0.0919. The highest BCUT2D eigenvalue weighted by Gasteiger charge is 2.20. The molecule has 2 rings (SSSR count). The van der Waals surface area contributed by atoms with E-state index in [9.17, 15) is 0 Å². The third kappa shape index (κ3) is 3.19. The van der Waals surface area contributed by atoms with Crippen LogP contribution in [0.25, 0.3) is 0 Å². The van der Waals surface area contributed by atoms with Gasteiger partial charge in [-0.05, 0) is 17.9 Å². The SMILES string of the molecule is CCC(N)C(OCc1cccs1)c1cnn(C)c1. The van der Waals surface area contributed by atoms with Crippen molar-refractivity contribution < 1.29 is 4.74 Å². The highest BCUT2D eigenvalue weighted by molar-refractivity contribution is 7.09. The van der Waals surface area contributed by atoms with E-state index in [0.717, 1.165) is 12.0 Å². The fourth-order valence-corrected chi connectivity index (χ4v) is 2.46. The molecule has 0 amide bonds. The zero-order valence-corrected chi connectivity index (χ0v) is 11.6. The summed E-state index contributed by atoms with van der Waals surface area (Å²) >= 11 is 1.70. The van der Waals surface area contributed by atoms with Crippen molar-refractivity contribution in [3.8, 4) is 0 Å². The Balaban J connectivity index is 2.05. The van der Waals surface area contributed by atoms with Gasteiger partial charge in [-0.3, -0.25) is 4.68 Å². The van der Waals surface area contributed by atoms with Gasteiger partial charge in [0.25, 0.3) is 0 Å². The van der Waals surface area contributed by atoms with Crippen LogP contribution in [0.2, 0.25) is 0 Å². The molecule has 0 bridgehead atoms. The number of nitrogens with zero attached hydrogens (tertiary/aromatic N) is 2. The molecular weight excluding hydrogens is 246 g/mol. The molecule has 2 heterocycles. The van der Waals surface area contributed by atoms with E-state index in [1.54, 1.807) is 16.0 Å². The van der Waals surface area contributed by atoms with Crippen LogP contribution in [-0.2, 0) is 18.4 Å². The van der Waals surface area contributed by atoms with Crippen LogP contribution in [0.5, 0.6) is 0 Å². The lowest BCUT2D eigenvalue weighted by molar-refractivity contribution is 0.0226. The minimum Gasteiger partial charge on any atom is -0.366 e. The molecule has 0 spiro atoms. The average Bonchev–Trinajstić information content (AvgIpc) is 3.01. The van der Waals surface area contributed by atoms with Crippen molar-refractivity contribution in [1.29, 1.82) is 0 Å². The number of rotatable bonds is 6. The molecule has 0 saturated heterocycles. The van der Waals surface area contributed by atoms with Gasteiger partial charge in [-0.1, -0.05) is 13.0 Å². The van der Waals surface area contributed by atoms with Gasteiger partial charge in [0, 0.05) is 29.7 Å². The zero-order chi connectivity index (χ0) is 13.0. The average molecular weight is 265 g/mol. The van der Waals surface area contributed by atoms with Crippen molar-refractivity contribution in [2.45, 2.75) is 32.1 Å². The van der Waals surface area contributed by atoms with E-state index in [-0.39, 0.29) is 12.1 Å². The zero-order valence-electron chi connectivity index (χ0n) is 10.7. The molecule has 2 unspecified atom stereocenters. The summed E-state index contributed by atoms with van der Waals surface area (Å²) in [5, 5.41) is 6.24. The first kappa shape index (κ1) is 13.3. The topological polar surface area (TPSA) is 53.1 Å². The molecule has 0 saturated carbocycles. The molecule has 0 radical (unpaired) electrons. The van der Waals surface area contributed by atoms with Gasteiger partial charge < -0.3 is 10.5 Å². The summed E-state index contributed by atoms with van der Waals surface area (Å²) in [6, 6.07) is 4.10. The van der Waals surface area contributed by atoms with E-state index >= 15 is 0 Å². The smallest absolute Gasteiger partial charge is 0.101 e. The largest absolute Gasteiger partial charge is 0.366 e. The second-order valence-electron chi connectivity index (χ2n) is 4.33. The maximum absolute atomic E-state index is 6.14. The van der Waals surface area contributed by atoms with Gasteiger partial charge in [-0.2, -0.15) is 5.10 Å². The summed E-state index contributed by atoms with van der Waals surface area (Å²) < 4.78 is 7.75. The van der Waals surface area contributed by atoms with E-state index in [0.29, 0.717) is 6.61 Å². The second-order valence-corrected chi connectivity index (χ2v) is 5.36. The lowest BCUT2D eigenvalue weighted by Crippen LogP contribution is -2.29. The Morgan fingerprint density at radius 3 is 2.94 bits per heavy atom. The number of nitrogens with two attached hydrogens (primary N) is 1. The molecule has 0 aliphatic heterocycles. The molecule has 0 fully saturated rings. The summed E-state index contributed by atoms with van der Waals surface area (Å²) in [5.41, 5.74) is 7.18. The minimum absolute atomic E-state index is 0.00541. The van der Waals surface area contributed by atoms with Crippen LogP contribution in [-0.4, -0.2) is 15.8 Å². The number of aryl methyl sites for hydroxylation is 1. The Morgan fingerprint density at radius 1 is 1.56 bits per heavy atom. The summed E-state index contributed by atoms with van der Waals surface area (Å²) in [4.78, 5) is 1.21. The first-order valence-electron chi connectivity index (χ1n) is 6.08. The van der Waals surface area contributed by atoms with Crippen LogP contribution in [0.1, 0.15) is 29.9 Å². The number of thiophene rings is 1. The molecule has 0 aliphatic rings. The molecule has 18 heavy (non-hydrogen) atoms.